The Labute approximate surface area is 180 Å². The van der Waals surface area contributed by atoms with Crippen LogP contribution in [0.3, 0.4) is 0 Å². The molecule has 31 heavy (non-hydrogen) atoms. The Morgan fingerprint density at radius 2 is 1.87 bits per heavy atom. The number of amides is 1. The first-order valence-corrected chi connectivity index (χ1v) is 10.6. The number of imidazole rings is 1. The zero-order chi connectivity index (χ0) is 22.2. The highest BCUT2D eigenvalue weighted by atomic mass is 16.6. The fraction of sp³-hybridized carbons (Fsp3) is 0.600. The fourth-order valence-corrected chi connectivity index (χ4v) is 3.40. The van der Waals surface area contributed by atoms with Crippen LogP contribution in [0.25, 0.3) is 0 Å². The number of carbonyl (C=O) groups is 1. The lowest BCUT2D eigenvalue weighted by Crippen LogP contribution is -2.40. The zero-order valence-electron chi connectivity index (χ0n) is 17.9. The molecule has 1 aliphatic carbocycles. The fourth-order valence-electron chi connectivity index (χ4n) is 3.40. The molecular weight excluding hydrogens is 404 g/mol. The monoisotopic (exact) mass is 432 g/mol. The topological polar surface area (TPSA) is 126 Å². The maximum absolute atomic E-state index is 13.3. The van der Waals surface area contributed by atoms with Crippen LogP contribution in [0.5, 0.6) is 11.8 Å². The van der Waals surface area contributed by atoms with Crippen LogP contribution in [-0.4, -0.2) is 50.1 Å². The van der Waals surface area contributed by atoms with Gasteiger partial charge in [-0.05, 0) is 49.4 Å². The highest BCUT2D eigenvalue weighted by molar-refractivity contribution is 5.97. The Bertz CT molecular complexity index is 874. The zero-order valence-corrected chi connectivity index (χ0v) is 17.9. The van der Waals surface area contributed by atoms with Crippen molar-refractivity contribution in [1.82, 2.24) is 19.5 Å². The number of unbranched alkanes of at least 4 members (excludes halogenated alkanes) is 1. The summed E-state index contributed by atoms with van der Waals surface area (Å²) >= 11 is 0. The van der Waals surface area contributed by atoms with Gasteiger partial charge in [0, 0.05) is 19.0 Å². The van der Waals surface area contributed by atoms with E-state index in [2.05, 4.69) is 15.0 Å². The van der Waals surface area contributed by atoms with Crippen molar-refractivity contribution in [2.45, 2.75) is 52.5 Å². The van der Waals surface area contributed by atoms with Crippen LogP contribution >= 0.6 is 0 Å². The molecule has 2 aromatic rings. The van der Waals surface area contributed by atoms with Crippen molar-refractivity contribution in [2.24, 2.45) is 5.92 Å². The summed E-state index contributed by atoms with van der Waals surface area (Å²) in [6.07, 6.45) is 8.40. The second kappa shape index (κ2) is 10.7. The van der Waals surface area contributed by atoms with E-state index in [-0.39, 0.29) is 17.6 Å². The van der Waals surface area contributed by atoms with Gasteiger partial charge in [0.05, 0.1) is 13.2 Å². The average Bonchev–Trinajstić information content (AvgIpc) is 3.17. The number of carbonyl (C=O) groups excluding carboxylic acids is 1. The van der Waals surface area contributed by atoms with E-state index in [4.69, 9.17) is 9.47 Å². The molecule has 0 spiro atoms. The molecule has 0 radical (unpaired) electrons. The van der Waals surface area contributed by atoms with E-state index in [0.717, 1.165) is 19.3 Å². The first-order valence-electron chi connectivity index (χ1n) is 10.6. The van der Waals surface area contributed by atoms with Crippen molar-refractivity contribution >= 4 is 17.4 Å². The van der Waals surface area contributed by atoms with Crippen LogP contribution < -0.4 is 14.4 Å². The predicted molar refractivity (Wildman–Crippen MR) is 112 cm³/mol. The van der Waals surface area contributed by atoms with Crippen molar-refractivity contribution in [1.29, 1.82) is 0 Å². The summed E-state index contributed by atoms with van der Waals surface area (Å²) in [7, 11) is 0. The van der Waals surface area contributed by atoms with Gasteiger partial charge in [-0.1, -0.05) is 6.42 Å². The first-order chi connectivity index (χ1) is 15.0. The third kappa shape index (κ3) is 5.47. The van der Waals surface area contributed by atoms with Crippen LogP contribution in [0.1, 0.15) is 46.0 Å². The molecule has 0 saturated heterocycles. The molecule has 0 N–H and O–H groups in total. The van der Waals surface area contributed by atoms with E-state index in [1.54, 1.807) is 9.47 Å². The number of anilines is 1. The summed E-state index contributed by atoms with van der Waals surface area (Å²) in [5.41, 5.74) is 0.473. The molecule has 1 amide bonds. The summed E-state index contributed by atoms with van der Waals surface area (Å²) in [5, 5.41) is 10.8. The van der Waals surface area contributed by atoms with Gasteiger partial charge >= 0.3 is 5.82 Å². The van der Waals surface area contributed by atoms with E-state index < -0.39 is 4.92 Å². The normalized spacial score (nSPS) is 13.5. The third-order valence-corrected chi connectivity index (χ3v) is 5.16. The lowest BCUT2D eigenvalue weighted by Gasteiger charge is -2.32. The van der Waals surface area contributed by atoms with Crippen molar-refractivity contribution in [2.75, 3.05) is 24.7 Å². The SMILES string of the molecule is CCOc1ncnc(OCC)c1N(CCCCn1cnc([N+](=O)[O-])c1)C(=O)C1CCC1. The number of hydrogen-bond acceptors (Lipinski definition) is 8. The van der Waals surface area contributed by atoms with Crippen LogP contribution in [0.4, 0.5) is 11.5 Å². The molecule has 0 aliphatic heterocycles. The molecule has 1 fully saturated rings. The van der Waals surface area contributed by atoms with Gasteiger partial charge in [0.1, 0.15) is 12.5 Å². The predicted octanol–water partition coefficient (Wildman–Crippen LogP) is 2.99. The second-order valence-corrected chi connectivity index (χ2v) is 7.25. The number of ether oxygens (including phenoxy) is 2. The summed E-state index contributed by atoms with van der Waals surface area (Å²) < 4.78 is 13.1. The van der Waals surface area contributed by atoms with Gasteiger partial charge in [-0.15, -0.1) is 0 Å². The summed E-state index contributed by atoms with van der Waals surface area (Å²) in [4.78, 5) is 37.4. The molecule has 1 aliphatic rings. The largest absolute Gasteiger partial charge is 0.476 e. The molecule has 2 aromatic heterocycles. The molecular formula is C20H28N6O5. The molecule has 2 heterocycles. The number of hydrogen-bond donors (Lipinski definition) is 0. The van der Waals surface area contributed by atoms with Gasteiger partial charge in [0.2, 0.25) is 24.0 Å². The minimum atomic E-state index is -0.518. The second-order valence-electron chi connectivity index (χ2n) is 7.25. The van der Waals surface area contributed by atoms with Crippen LogP contribution in [-0.2, 0) is 11.3 Å². The number of rotatable bonds is 12. The molecule has 11 heteroatoms. The van der Waals surface area contributed by atoms with Gasteiger partial charge in [0.25, 0.3) is 0 Å². The van der Waals surface area contributed by atoms with Gasteiger partial charge in [-0.2, -0.15) is 9.97 Å². The van der Waals surface area contributed by atoms with Crippen LogP contribution in [0.15, 0.2) is 18.9 Å². The van der Waals surface area contributed by atoms with Crippen molar-refractivity contribution in [3.8, 4) is 11.8 Å². The van der Waals surface area contributed by atoms with E-state index in [0.29, 0.717) is 56.6 Å². The standard InChI is InChI=1S/C20H28N6O5/c1-3-30-18-17(19(31-4-2)22-13-21-18)25(20(27)15-8-7-9-15)11-6-5-10-24-12-16(23-14-24)26(28)29/h12-15H,3-11H2,1-2H3. The van der Waals surface area contributed by atoms with E-state index in [1.165, 1.54) is 18.9 Å². The smallest absolute Gasteiger partial charge is 0.381 e. The Kier molecular flexibility index (Phi) is 7.74. The van der Waals surface area contributed by atoms with Crippen LogP contribution in [0.2, 0.25) is 0 Å². The summed E-state index contributed by atoms with van der Waals surface area (Å²) in [6.45, 7) is 5.53. The molecule has 11 nitrogen and oxygen atoms in total. The van der Waals surface area contributed by atoms with Gasteiger partial charge in [0.15, 0.2) is 5.69 Å². The highest BCUT2D eigenvalue weighted by Gasteiger charge is 2.33. The van der Waals surface area contributed by atoms with Gasteiger partial charge in [-0.3, -0.25) is 4.79 Å². The number of nitrogens with zero attached hydrogens (tertiary/aromatic N) is 6. The Hall–Kier alpha value is -3.24. The molecule has 3 rings (SSSR count). The van der Waals surface area contributed by atoms with Gasteiger partial charge < -0.3 is 29.1 Å². The maximum Gasteiger partial charge on any atom is 0.381 e. The maximum atomic E-state index is 13.3. The minimum absolute atomic E-state index is 0.0135. The number of aryl methyl sites for hydroxylation is 1. The van der Waals surface area contributed by atoms with Crippen molar-refractivity contribution < 1.29 is 19.2 Å². The number of aromatic nitrogens is 4. The molecule has 0 bridgehead atoms. The van der Waals surface area contributed by atoms with E-state index in [9.17, 15) is 14.9 Å². The lowest BCUT2D eigenvalue weighted by molar-refractivity contribution is -0.389. The third-order valence-electron chi connectivity index (χ3n) is 5.16. The van der Waals surface area contributed by atoms with E-state index in [1.807, 2.05) is 13.8 Å². The van der Waals surface area contributed by atoms with Crippen molar-refractivity contribution in [3.05, 3.63) is 29.0 Å². The minimum Gasteiger partial charge on any atom is -0.476 e. The Morgan fingerprint density at radius 1 is 1.19 bits per heavy atom. The Morgan fingerprint density at radius 3 is 2.39 bits per heavy atom. The quantitative estimate of drug-likeness (QED) is 0.285. The molecule has 0 unspecified atom stereocenters. The molecule has 0 atom stereocenters. The first kappa shape index (κ1) is 22.4. The van der Waals surface area contributed by atoms with E-state index >= 15 is 0 Å². The van der Waals surface area contributed by atoms with Gasteiger partial charge in [-0.25, -0.2) is 0 Å². The highest BCUT2D eigenvalue weighted by Crippen LogP contribution is 2.38. The average molecular weight is 432 g/mol. The van der Waals surface area contributed by atoms with Crippen LogP contribution in [0, 0.1) is 16.0 Å². The lowest BCUT2D eigenvalue weighted by atomic mass is 9.84. The molecule has 168 valence electrons. The Balaban J connectivity index is 1.75. The number of nitro groups is 1. The summed E-state index contributed by atoms with van der Waals surface area (Å²) in [6, 6.07) is 0. The molecule has 1 saturated carbocycles. The molecule has 0 aromatic carbocycles. The summed E-state index contributed by atoms with van der Waals surface area (Å²) in [5.74, 6) is 0.505. The van der Waals surface area contributed by atoms with Crippen molar-refractivity contribution in [3.63, 3.8) is 0 Å².